The van der Waals surface area contributed by atoms with E-state index in [1.165, 1.54) is 18.5 Å². The molecule has 108 valence electrons. The molecule has 0 unspecified atom stereocenters. The van der Waals surface area contributed by atoms with Crippen LogP contribution >= 0.6 is 0 Å². The zero-order valence-electron chi connectivity index (χ0n) is 12.1. The van der Waals surface area contributed by atoms with Gasteiger partial charge in [0.2, 0.25) is 0 Å². The van der Waals surface area contributed by atoms with Crippen LogP contribution in [0.4, 0.5) is 12.9 Å². The summed E-state index contributed by atoms with van der Waals surface area (Å²) in [5.41, 5.74) is -0.636. The van der Waals surface area contributed by atoms with Gasteiger partial charge in [0.05, 0.1) is 0 Å². The van der Waals surface area contributed by atoms with Crippen LogP contribution in [0.25, 0.3) is 0 Å². The van der Waals surface area contributed by atoms with Crippen LogP contribution in [0.3, 0.4) is 0 Å². The summed E-state index contributed by atoms with van der Waals surface area (Å²) in [6.45, 7) is -0.893. The van der Waals surface area contributed by atoms with Crippen LogP contribution in [0.5, 0.6) is 5.75 Å². The maximum atomic E-state index is 12.5. The monoisotopic (exact) mass is 323 g/mol. The fourth-order valence-electron chi connectivity index (χ4n) is 1.74. The Balaban J connectivity index is 0.00000220. The second-order valence-corrected chi connectivity index (χ2v) is 4.65. The average molecular weight is 323 g/mol. The molecular formula is C12H14BF3KN3O. The average Bonchev–Trinajstić information content (AvgIpc) is 2.84. The quantitative estimate of drug-likeness (QED) is 0.697. The molecule has 0 amide bonds. The summed E-state index contributed by atoms with van der Waals surface area (Å²) < 4.78 is 44.5. The first kappa shape index (κ1) is 18.7. The van der Waals surface area contributed by atoms with E-state index in [9.17, 15) is 12.9 Å². The number of nitrogens with zero attached hydrogens (tertiary/aromatic N) is 3. The number of rotatable bonds is 5. The maximum absolute atomic E-state index is 12.5. The first-order chi connectivity index (χ1) is 9.38. The normalized spacial score (nSPS) is 11.3. The fraction of sp³-hybridized carbons (Fsp3) is 0.333. The molecule has 4 nitrogen and oxygen atoms in total. The van der Waals surface area contributed by atoms with E-state index in [2.05, 4.69) is 10.1 Å². The minimum Gasteiger partial charge on any atom is -0.486 e. The van der Waals surface area contributed by atoms with Gasteiger partial charge in [-0.05, 0) is 26.0 Å². The standard InChI is InChI=1S/C12H14BF3N3O.K/c1-9(2)19-12(17-8-18-19)7-20-11-5-3-10(4-6-11)13(14,15)16;/h3-6,8-9H,7H2,1-2H3;/q-1;+1. The van der Waals surface area contributed by atoms with Crippen molar-refractivity contribution in [3.8, 4) is 5.75 Å². The van der Waals surface area contributed by atoms with Crippen LogP contribution in [-0.4, -0.2) is 21.7 Å². The van der Waals surface area contributed by atoms with Crippen LogP contribution in [0.15, 0.2) is 30.6 Å². The van der Waals surface area contributed by atoms with Crippen molar-refractivity contribution in [2.75, 3.05) is 0 Å². The topological polar surface area (TPSA) is 39.9 Å². The molecule has 0 fully saturated rings. The Hall–Kier alpha value is -0.349. The van der Waals surface area contributed by atoms with Crippen molar-refractivity contribution in [2.45, 2.75) is 26.5 Å². The molecule has 0 aliphatic carbocycles. The van der Waals surface area contributed by atoms with Crippen LogP contribution < -0.4 is 61.6 Å². The van der Waals surface area contributed by atoms with Gasteiger partial charge in [0.25, 0.3) is 0 Å². The second kappa shape index (κ2) is 7.78. The molecule has 1 aromatic carbocycles. The molecule has 0 atom stereocenters. The molecule has 1 aromatic heterocycles. The van der Waals surface area contributed by atoms with E-state index in [0.717, 1.165) is 12.1 Å². The largest absolute Gasteiger partial charge is 1.00 e. The zero-order valence-corrected chi connectivity index (χ0v) is 15.3. The molecule has 0 saturated heterocycles. The number of benzene rings is 1. The van der Waals surface area contributed by atoms with Gasteiger partial charge in [0.15, 0.2) is 5.82 Å². The number of ether oxygens (including phenoxy) is 1. The van der Waals surface area contributed by atoms with Crippen molar-refractivity contribution >= 4 is 12.4 Å². The molecule has 0 saturated carbocycles. The van der Waals surface area contributed by atoms with E-state index < -0.39 is 12.4 Å². The van der Waals surface area contributed by atoms with Crippen molar-refractivity contribution in [3.05, 3.63) is 36.4 Å². The molecular weight excluding hydrogens is 309 g/mol. The molecule has 2 rings (SSSR count). The first-order valence-corrected chi connectivity index (χ1v) is 6.19. The van der Waals surface area contributed by atoms with Gasteiger partial charge in [0, 0.05) is 6.04 Å². The Morgan fingerprint density at radius 2 is 1.81 bits per heavy atom. The van der Waals surface area contributed by atoms with Gasteiger partial charge >= 0.3 is 58.4 Å². The number of hydrogen-bond acceptors (Lipinski definition) is 3. The predicted molar refractivity (Wildman–Crippen MR) is 69.9 cm³/mol. The van der Waals surface area contributed by atoms with Gasteiger partial charge in [-0.25, -0.2) is 9.67 Å². The van der Waals surface area contributed by atoms with Crippen molar-refractivity contribution < 1.29 is 69.1 Å². The zero-order chi connectivity index (χ0) is 14.8. The predicted octanol–water partition coefficient (Wildman–Crippen LogP) is -0.504. The molecule has 0 N–H and O–H groups in total. The summed E-state index contributed by atoms with van der Waals surface area (Å²) >= 11 is 0. The fourth-order valence-corrected chi connectivity index (χ4v) is 1.74. The summed E-state index contributed by atoms with van der Waals surface area (Å²) in [6, 6.07) is 4.79. The van der Waals surface area contributed by atoms with Crippen LogP contribution in [-0.2, 0) is 6.61 Å². The summed E-state index contributed by atoms with van der Waals surface area (Å²) in [7, 11) is 0. The SMILES string of the molecule is CC(C)n1ncnc1COc1ccc([B-](F)(F)F)cc1.[K+]. The summed E-state index contributed by atoms with van der Waals surface area (Å²) in [4.78, 5) is 4.06. The van der Waals surface area contributed by atoms with Crippen LogP contribution in [0, 0.1) is 0 Å². The molecule has 0 spiro atoms. The smallest absolute Gasteiger partial charge is 0.486 e. The number of aromatic nitrogens is 3. The van der Waals surface area contributed by atoms with Crippen molar-refractivity contribution in [1.29, 1.82) is 0 Å². The third kappa shape index (κ3) is 5.10. The van der Waals surface area contributed by atoms with E-state index in [1.54, 1.807) is 4.68 Å². The minimum atomic E-state index is -4.97. The minimum absolute atomic E-state index is 0. The summed E-state index contributed by atoms with van der Waals surface area (Å²) in [5.74, 6) is 0.997. The van der Waals surface area contributed by atoms with Gasteiger partial charge < -0.3 is 17.7 Å². The molecule has 0 radical (unpaired) electrons. The third-order valence-corrected chi connectivity index (χ3v) is 2.76. The molecule has 21 heavy (non-hydrogen) atoms. The van der Waals surface area contributed by atoms with Gasteiger partial charge in [-0.3, -0.25) is 0 Å². The second-order valence-electron chi connectivity index (χ2n) is 4.65. The summed E-state index contributed by atoms with van der Waals surface area (Å²) in [5, 5.41) is 4.05. The van der Waals surface area contributed by atoms with Gasteiger partial charge in [-0.1, -0.05) is 12.1 Å². The first-order valence-electron chi connectivity index (χ1n) is 6.19. The van der Waals surface area contributed by atoms with Crippen LogP contribution in [0.2, 0.25) is 0 Å². The van der Waals surface area contributed by atoms with E-state index in [1.807, 2.05) is 13.8 Å². The Labute approximate surface area is 163 Å². The molecule has 1 heterocycles. The van der Waals surface area contributed by atoms with Gasteiger partial charge in [-0.15, -0.1) is 5.46 Å². The van der Waals surface area contributed by atoms with Crippen molar-refractivity contribution in [1.82, 2.24) is 14.8 Å². The molecule has 0 aliphatic heterocycles. The third-order valence-electron chi connectivity index (χ3n) is 2.76. The molecule has 0 aliphatic rings. The van der Waals surface area contributed by atoms with Crippen molar-refractivity contribution in [2.24, 2.45) is 0 Å². The number of halogens is 3. The summed E-state index contributed by atoms with van der Waals surface area (Å²) in [6.07, 6.45) is 1.42. The van der Waals surface area contributed by atoms with E-state index in [0.29, 0.717) is 11.6 Å². The number of hydrogen-bond donors (Lipinski definition) is 0. The molecule has 0 bridgehead atoms. The van der Waals surface area contributed by atoms with Crippen LogP contribution in [0.1, 0.15) is 25.7 Å². The Morgan fingerprint density at radius 1 is 1.19 bits per heavy atom. The van der Waals surface area contributed by atoms with Gasteiger partial charge in [-0.2, -0.15) is 5.10 Å². The molecule has 9 heteroatoms. The maximum Gasteiger partial charge on any atom is 1.00 e. The van der Waals surface area contributed by atoms with E-state index >= 15 is 0 Å². The van der Waals surface area contributed by atoms with E-state index in [4.69, 9.17) is 4.74 Å². The van der Waals surface area contributed by atoms with E-state index in [-0.39, 0.29) is 64.0 Å². The Bertz CT molecular complexity index is 572. The Kier molecular flexibility index (Phi) is 6.92. The van der Waals surface area contributed by atoms with Crippen molar-refractivity contribution in [3.63, 3.8) is 0 Å². The Morgan fingerprint density at radius 3 is 2.33 bits per heavy atom. The molecule has 2 aromatic rings. The van der Waals surface area contributed by atoms with Gasteiger partial charge in [0.1, 0.15) is 18.7 Å².